The zero-order valence-electron chi connectivity index (χ0n) is 16.9. The number of halogens is 3. The Morgan fingerprint density at radius 2 is 1.87 bits per heavy atom. The minimum Gasteiger partial charge on any atom is -0.465 e. The maximum atomic E-state index is 13.3. The number of benzene rings is 1. The lowest BCUT2D eigenvalue weighted by molar-refractivity contribution is -0.137. The van der Waals surface area contributed by atoms with Gasteiger partial charge in [0.15, 0.2) is 5.76 Å². The van der Waals surface area contributed by atoms with Crippen LogP contribution < -0.4 is 10.2 Å². The van der Waals surface area contributed by atoms with Crippen LogP contribution in [0.15, 0.2) is 57.6 Å². The average molecular weight is 433 g/mol. The Balaban J connectivity index is 1.51. The van der Waals surface area contributed by atoms with E-state index in [-0.39, 0.29) is 11.4 Å². The van der Waals surface area contributed by atoms with Crippen LogP contribution in [0.25, 0.3) is 0 Å². The molecule has 2 aromatic heterocycles. The summed E-state index contributed by atoms with van der Waals surface area (Å²) in [6.07, 6.45) is -3.18. The van der Waals surface area contributed by atoms with E-state index in [0.717, 1.165) is 23.7 Å². The number of aryl methyl sites for hydroxylation is 1. The molecule has 1 aromatic carbocycles. The maximum absolute atomic E-state index is 13.3. The Morgan fingerprint density at radius 1 is 1.10 bits per heavy atom. The Kier molecular flexibility index (Phi) is 5.77. The molecule has 6 nitrogen and oxygen atoms in total. The van der Waals surface area contributed by atoms with Gasteiger partial charge >= 0.3 is 6.18 Å². The zero-order chi connectivity index (χ0) is 22.0. The van der Waals surface area contributed by atoms with Crippen molar-refractivity contribution < 1.29 is 26.8 Å². The first-order chi connectivity index (χ1) is 14.8. The molecule has 1 aliphatic heterocycles. The van der Waals surface area contributed by atoms with Crippen LogP contribution in [-0.2, 0) is 12.7 Å². The number of carbonyl (C=O) groups excluding carboxylic acids is 1. The summed E-state index contributed by atoms with van der Waals surface area (Å²) in [4.78, 5) is 16.6. The number of anilines is 2. The molecule has 0 atom stereocenters. The number of carbonyl (C=O) groups is 1. The van der Waals surface area contributed by atoms with Crippen LogP contribution in [0.5, 0.6) is 0 Å². The molecular formula is C22H22F3N3O3. The van der Waals surface area contributed by atoms with Crippen molar-refractivity contribution >= 4 is 17.3 Å². The number of amides is 1. The van der Waals surface area contributed by atoms with E-state index in [1.807, 2.05) is 24.0 Å². The Labute approximate surface area is 177 Å². The number of piperazine rings is 1. The van der Waals surface area contributed by atoms with Gasteiger partial charge < -0.3 is 19.1 Å². The molecule has 0 spiro atoms. The molecule has 1 aliphatic rings. The molecule has 0 unspecified atom stereocenters. The fourth-order valence-corrected chi connectivity index (χ4v) is 3.62. The van der Waals surface area contributed by atoms with Crippen LogP contribution >= 0.6 is 0 Å². The third-order valence-electron chi connectivity index (χ3n) is 5.21. The predicted molar refractivity (Wildman–Crippen MR) is 109 cm³/mol. The fourth-order valence-electron chi connectivity index (χ4n) is 3.62. The van der Waals surface area contributed by atoms with Crippen molar-refractivity contribution in [2.45, 2.75) is 19.6 Å². The van der Waals surface area contributed by atoms with Crippen LogP contribution in [0, 0.1) is 6.92 Å². The molecule has 0 saturated carbocycles. The second kappa shape index (κ2) is 8.50. The summed E-state index contributed by atoms with van der Waals surface area (Å²) in [7, 11) is 0. The highest BCUT2D eigenvalue weighted by molar-refractivity contribution is 6.04. The molecule has 1 fully saturated rings. The lowest BCUT2D eigenvalue weighted by atomic mass is 10.1. The van der Waals surface area contributed by atoms with E-state index in [9.17, 15) is 18.0 Å². The summed E-state index contributed by atoms with van der Waals surface area (Å²) in [5.74, 6) is 1.17. The summed E-state index contributed by atoms with van der Waals surface area (Å²) >= 11 is 0. The molecule has 1 saturated heterocycles. The highest BCUT2D eigenvalue weighted by Crippen LogP contribution is 2.36. The number of rotatable bonds is 5. The number of nitrogens with zero attached hydrogens (tertiary/aromatic N) is 2. The first-order valence-corrected chi connectivity index (χ1v) is 9.88. The van der Waals surface area contributed by atoms with Gasteiger partial charge in [0.05, 0.1) is 29.7 Å². The highest BCUT2D eigenvalue weighted by Gasteiger charge is 2.32. The SMILES string of the molecule is Cc1ccc(CN2CCN(c3ccc(C(F)(F)F)cc3NC(=O)c3ccco3)CC2)o1. The molecule has 31 heavy (non-hydrogen) atoms. The quantitative estimate of drug-likeness (QED) is 0.628. The average Bonchev–Trinajstić information content (AvgIpc) is 3.40. The van der Waals surface area contributed by atoms with Crippen molar-refractivity contribution in [1.82, 2.24) is 4.90 Å². The van der Waals surface area contributed by atoms with Crippen molar-refractivity contribution in [3.8, 4) is 0 Å². The maximum Gasteiger partial charge on any atom is 0.416 e. The molecule has 0 radical (unpaired) electrons. The lowest BCUT2D eigenvalue weighted by Crippen LogP contribution is -2.46. The van der Waals surface area contributed by atoms with Gasteiger partial charge in [0, 0.05) is 26.2 Å². The number of furan rings is 2. The first-order valence-electron chi connectivity index (χ1n) is 9.88. The van der Waals surface area contributed by atoms with Crippen LogP contribution in [0.2, 0.25) is 0 Å². The van der Waals surface area contributed by atoms with Gasteiger partial charge in [-0.15, -0.1) is 0 Å². The van der Waals surface area contributed by atoms with E-state index >= 15 is 0 Å². The van der Waals surface area contributed by atoms with Crippen LogP contribution in [-0.4, -0.2) is 37.0 Å². The fraction of sp³-hybridized carbons (Fsp3) is 0.318. The first kappa shape index (κ1) is 21.0. The third kappa shape index (κ3) is 4.93. The van der Waals surface area contributed by atoms with Crippen molar-refractivity contribution in [3.63, 3.8) is 0 Å². The van der Waals surface area contributed by atoms with Gasteiger partial charge in [-0.3, -0.25) is 9.69 Å². The largest absolute Gasteiger partial charge is 0.465 e. The van der Waals surface area contributed by atoms with E-state index < -0.39 is 17.6 Å². The molecular weight excluding hydrogens is 411 g/mol. The van der Waals surface area contributed by atoms with Crippen molar-refractivity contribution in [2.75, 3.05) is 36.4 Å². The molecule has 164 valence electrons. The van der Waals surface area contributed by atoms with Crippen LogP contribution in [0.3, 0.4) is 0 Å². The molecule has 3 aromatic rings. The molecule has 9 heteroatoms. The smallest absolute Gasteiger partial charge is 0.416 e. The van der Waals surface area contributed by atoms with E-state index in [4.69, 9.17) is 8.83 Å². The lowest BCUT2D eigenvalue weighted by Gasteiger charge is -2.36. The van der Waals surface area contributed by atoms with E-state index in [2.05, 4.69) is 10.2 Å². The predicted octanol–water partition coefficient (Wildman–Crippen LogP) is 4.77. The van der Waals surface area contributed by atoms with Gasteiger partial charge in [0.2, 0.25) is 0 Å². The van der Waals surface area contributed by atoms with Crippen molar-refractivity contribution in [2.24, 2.45) is 0 Å². The number of nitrogens with one attached hydrogen (secondary N) is 1. The third-order valence-corrected chi connectivity index (χ3v) is 5.21. The Bertz CT molecular complexity index is 1040. The van der Waals surface area contributed by atoms with Gasteiger partial charge in [-0.2, -0.15) is 13.2 Å². The number of hydrogen-bond donors (Lipinski definition) is 1. The standard InChI is InChI=1S/C22H22F3N3O3/c1-15-4-6-17(31-15)14-27-8-10-28(11-9-27)19-7-5-16(22(23,24)25)13-18(19)26-21(29)20-3-2-12-30-20/h2-7,12-13H,8-11,14H2,1H3,(H,26,29). The van der Waals surface area contributed by atoms with Crippen molar-refractivity contribution in [1.29, 1.82) is 0 Å². The van der Waals surface area contributed by atoms with Crippen LogP contribution in [0.1, 0.15) is 27.6 Å². The molecule has 0 aliphatic carbocycles. The number of alkyl halides is 3. The Morgan fingerprint density at radius 3 is 2.48 bits per heavy atom. The molecule has 0 bridgehead atoms. The minimum atomic E-state index is -4.51. The normalized spacial score (nSPS) is 15.3. The van der Waals surface area contributed by atoms with Gasteiger partial charge in [-0.1, -0.05) is 0 Å². The summed E-state index contributed by atoms with van der Waals surface area (Å²) in [5, 5.41) is 2.57. The topological polar surface area (TPSA) is 61.9 Å². The number of hydrogen-bond acceptors (Lipinski definition) is 5. The second-order valence-electron chi connectivity index (χ2n) is 7.44. The minimum absolute atomic E-state index is 0.0296. The molecule has 3 heterocycles. The van der Waals surface area contributed by atoms with Crippen molar-refractivity contribution in [3.05, 3.63) is 71.6 Å². The summed E-state index contributed by atoms with van der Waals surface area (Å²) in [6.45, 7) is 5.21. The van der Waals surface area contributed by atoms with E-state index in [0.29, 0.717) is 38.4 Å². The Hall–Kier alpha value is -3.20. The van der Waals surface area contributed by atoms with Crippen LogP contribution in [0.4, 0.5) is 24.5 Å². The zero-order valence-corrected chi connectivity index (χ0v) is 16.9. The van der Waals surface area contributed by atoms with Gasteiger partial charge in [0.25, 0.3) is 5.91 Å². The monoisotopic (exact) mass is 433 g/mol. The summed E-state index contributed by atoms with van der Waals surface area (Å²) in [5.41, 5.74) is -0.175. The molecule has 1 amide bonds. The highest BCUT2D eigenvalue weighted by atomic mass is 19.4. The van der Waals surface area contributed by atoms with E-state index in [1.54, 1.807) is 6.07 Å². The second-order valence-corrected chi connectivity index (χ2v) is 7.44. The molecule has 1 N–H and O–H groups in total. The van der Waals surface area contributed by atoms with E-state index in [1.165, 1.54) is 18.4 Å². The summed E-state index contributed by atoms with van der Waals surface area (Å²) < 4.78 is 50.4. The molecule has 4 rings (SSSR count). The summed E-state index contributed by atoms with van der Waals surface area (Å²) in [6, 6.07) is 10.3. The van der Waals surface area contributed by atoms with Gasteiger partial charge in [0.1, 0.15) is 11.5 Å². The van der Waals surface area contributed by atoms with Gasteiger partial charge in [-0.05, 0) is 49.4 Å². The van der Waals surface area contributed by atoms with Gasteiger partial charge in [-0.25, -0.2) is 0 Å².